The van der Waals surface area contributed by atoms with Crippen LogP contribution in [-0.2, 0) is 13.1 Å². The lowest BCUT2D eigenvalue weighted by Gasteiger charge is -2.03. The Hall–Kier alpha value is -1.63. The number of nitriles is 1. The van der Waals surface area contributed by atoms with Crippen LogP contribution >= 0.6 is 11.3 Å². The summed E-state index contributed by atoms with van der Waals surface area (Å²) in [7, 11) is 0. The standard InChI is InChI=1S/C13H12N2S/c14-8-11-3-1-4-12(7-11)9-15-10-13-5-2-6-16-13/h1-7,15H,9-10H2. The average Bonchev–Trinajstić information content (AvgIpc) is 2.82. The predicted octanol–water partition coefficient (Wildman–Crippen LogP) is 2.91. The number of nitrogens with one attached hydrogen (secondary N) is 1. The fraction of sp³-hybridized carbons (Fsp3) is 0.154. The first kappa shape index (κ1) is 10.9. The van der Waals surface area contributed by atoms with Gasteiger partial charge in [-0.05, 0) is 29.1 Å². The summed E-state index contributed by atoms with van der Waals surface area (Å²) in [5.74, 6) is 0. The molecule has 1 aromatic carbocycles. The van der Waals surface area contributed by atoms with E-state index in [0.717, 1.165) is 24.2 Å². The van der Waals surface area contributed by atoms with Crippen LogP contribution in [0.2, 0.25) is 0 Å². The molecule has 16 heavy (non-hydrogen) atoms. The molecule has 0 saturated heterocycles. The Bertz CT molecular complexity index is 483. The van der Waals surface area contributed by atoms with Crippen molar-refractivity contribution >= 4 is 11.3 Å². The third-order valence-corrected chi connectivity index (χ3v) is 3.14. The molecule has 0 bridgehead atoms. The second-order valence-corrected chi connectivity index (χ2v) is 4.53. The molecule has 1 heterocycles. The summed E-state index contributed by atoms with van der Waals surface area (Å²) < 4.78 is 0. The van der Waals surface area contributed by atoms with Crippen LogP contribution in [0.4, 0.5) is 0 Å². The van der Waals surface area contributed by atoms with Crippen molar-refractivity contribution < 1.29 is 0 Å². The summed E-state index contributed by atoms with van der Waals surface area (Å²) >= 11 is 1.75. The summed E-state index contributed by atoms with van der Waals surface area (Å²) in [5.41, 5.74) is 1.87. The highest BCUT2D eigenvalue weighted by Gasteiger charge is 1.96. The maximum Gasteiger partial charge on any atom is 0.0991 e. The van der Waals surface area contributed by atoms with Crippen LogP contribution in [0.1, 0.15) is 16.0 Å². The molecule has 1 N–H and O–H groups in total. The first-order valence-electron chi connectivity index (χ1n) is 5.10. The van der Waals surface area contributed by atoms with Crippen LogP contribution in [0.25, 0.3) is 0 Å². The maximum atomic E-state index is 8.77. The van der Waals surface area contributed by atoms with Crippen LogP contribution in [0, 0.1) is 11.3 Å². The van der Waals surface area contributed by atoms with E-state index in [0.29, 0.717) is 0 Å². The molecular weight excluding hydrogens is 216 g/mol. The van der Waals surface area contributed by atoms with Gasteiger partial charge in [-0.1, -0.05) is 18.2 Å². The van der Waals surface area contributed by atoms with E-state index in [1.54, 1.807) is 11.3 Å². The van der Waals surface area contributed by atoms with Gasteiger partial charge < -0.3 is 5.32 Å². The predicted molar refractivity (Wildman–Crippen MR) is 66.0 cm³/mol. The minimum absolute atomic E-state index is 0.718. The summed E-state index contributed by atoms with van der Waals surface area (Å²) in [6.45, 7) is 1.68. The van der Waals surface area contributed by atoms with E-state index < -0.39 is 0 Å². The number of rotatable bonds is 4. The fourth-order valence-corrected chi connectivity index (χ4v) is 2.17. The molecule has 1 aromatic heterocycles. The van der Waals surface area contributed by atoms with Gasteiger partial charge in [0.15, 0.2) is 0 Å². The van der Waals surface area contributed by atoms with Gasteiger partial charge in [0, 0.05) is 18.0 Å². The first-order chi connectivity index (χ1) is 7.88. The van der Waals surface area contributed by atoms with Gasteiger partial charge in [0.1, 0.15) is 0 Å². The summed E-state index contributed by atoms with van der Waals surface area (Å²) in [6.07, 6.45) is 0. The highest BCUT2D eigenvalue weighted by molar-refractivity contribution is 7.09. The Kier molecular flexibility index (Phi) is 3.71. The second kappa shape index (κ2) is 5.45. The van der Waals surface area contributed by atoms with Crippen molar-refractivity contribution in [1.29, 1.82) is 5.26 Å². The molecule has 2 nitrogen and oxygen atoms in total. The zero-order valence-corrected chi connectivity index (χ0v) is 9.63. The summed E-state index contributed by atoms with van der Waals surface area (Å²) in [5, 5.41) is 14.2. The van der Waals surface area contributed by atoms with Gasteiger partial charge in [-0.25, -0.2) is 0 Å². The molecule has 0 amide bonds. The molecule has 0 fully saturated rings. The van der Waals surface area contributed by atoms with E-state index in [1.807, 2.05) is 24.3 Å². The zero-order chi connectivity index (χ0) is 11.2. The highest BCUT2D eigenvalue weighted by atomic mass is 32.1. The molecule has 2 aromatic rings. The zero-order valence-electron chi connectivity index (χ0n) is 8.81. The number of hydrogen-bond donors (Lipinski definition) is 1. The van der Waals surface area contributed by atoms with Gasteiger partial charge in [0.2, 0.25) is 0 Å². The minimum Gasteiger partial charge on any atom is -0.308 e. The van der Waals surface area contributed by atoms with Gasteiger partial charge in [0.25, 0.3) is 0 Å². The molecule has 0 spiro atoms. The molecule has 0 aliphatic rings. The van der Waals surface area contributed by atoms with Gasteiger partial charge >= 0.3 is 0 Å². The van der Waals surface area contributed by atoms with Crippen molar-refractivity contribution in [2.45, 2.75) is 13.1 Å². The molecule has 0 saturated carbocycles. The summed E-state index contributed by atoms with van der Waals surface area (Å²) in [6, 6.07) is 14.0. The smallest absolute Gasteiger partial charge is 0.0991 e. The van der Waals surface area contributed by atoms with Gasteiger partial charge in [-0.3, -0.25) is 0 Å². The molecule has 0 atom stereocenters. The van der Waals surface area contributed by atoms with Crippen molar-refractivity contribution in [2.24, 2.45) is 0 Å². The molecular formula is C13H12N2S. The van der Waals surface area contributed by atoms with Gasteiger partial charge in [-0.2, -0.15) is 5.26 Å². The van der Waals surface area contributed by atoms with Crippen molar-refractivity contribution in [3.05, 3.63) is 57.8 Å². The van der Waals surface area contributed by atoms with Crippen LogP contribution in [0.3, 0.4) is 0 Å². The van der Waals surface area contributed by atoms with Gasteiger partial charge in [-0.15, -0.1) is 11.3 Å². The number of nitrogens with zero attached hydrogens (tertiary/aromatic N) is 1. The molecule has 0 aliphatic carbocycles. The average molecular weight is 228 g/mol. The van der Waals surface area contributed by atoms with Crippen LogP contribution < -0.4 is 5.32 Å². The Morgan fingerprint density at radius 3 is 2.88 bits per heavy atom. The number of hydrogen-bond acceptors (Lipinski definition) is 3. The summed E-state index contributed by atoms with van der Waals surface area (Å²) in [4.78, 5) is 1.33. The number of thiophene rings is 1. The Morgan fingerprint density at radius 2 is 2.12 bits per heavy atom. The normalized spacial score (nSPS) is 9.94. The third kappa shape index (κ3) is 2.93. The van der Waals surface area contributed by atoms with Crippen molar-refractivity contribution in [2.75, 3.05) is 0 Å². The second-order valence-electron chi connectivity index (χ2n) is 3.50. The Labute approximate surface area is 99.2 Å². The van der Waals surface area contributed by atoms with Crippen LogP contribution in [0.5, 0.6) is 0 Å². The fourth-order valence-electron chi connectivity index (χ4n) is 1.49. The van der Waals surface area contributed by atoms with Crippen molar-refractivity contribution in [1.82, 2.24) is 5.32 Å². The Morgan fingerprint density at radius 1 is 1.19 bits per heavy atom. The monoisotopic (exact) mass is 228 g/mol. The highest BCUT2D eigenvalue weighted by Crippen LogP contribution is 2.08. The van der Waals surface area contributed by atoms with E-state index in [9.17, 15) is 0 Å². The molecule has 0 unspecified atom stereocenters. The molecule has 2 rings (SSSR count). The lowest BCUT2D eigenvalue weighted by atomic mass is 10.1. The SMILES string of the molecule is N#Cc1cccc(CNCc2cccs2)c1. The van der Waals surface area contributed by atoms with Crippen molar-refractivity contribution in [3.63, 3.8) is 0 Å². The lowest BCUT2D eigenvalue weighted by molar-refractivity contribution is 0.701. The first-order valence-corrected chi connectivity index (χ1v) is 5.98. The minimum atomic E-state index is 0.718. The third-order valence-electron chi connectivity index (χ3n) is 2.26. The topological polar surface area (TPSA) is 35.8 Å². The van der Waals surface area contributed by atoms with E-state index >= 15 is 0 Å². The lowest BCUT2D eigenvalue weighted by Crippen LogP contribution is -2.11. The van der Waals surface area contributed by atoms with Gasteiger partial charge in [0.05, 0.1) is 11.6 Å². The van der Waals surface area contributed by atoms with E-state index in [1.165, 1.54) is 4.88 Å². The van der Waals surface area contributed by atoms with Crippen molar-refractivity contribution in [3.8, 4) is 6.07 Å². The van der Waals surface area contributed by atoms with Crippen LogP contribution in [0.15, 0.2) is 41.8 Å². The maximum absolute atomic E-state index is 8.77. The largest absolute Gasteiger partial charge is 0.308 e. The van der Waals surface area contributed by atoms with Crippen LogP contribution in [-0.4, -0.2) is 0 Å². The molecule has 80 valence electrons. The van der Waals surface area contributed by atoms with E-state index in [-0.39, 0.29) is 0 Å². The number of benzene rings is 1. The molecule has 0 aliphatic heterocycles. The van der Waals surface area contributed by atoms with E-state index in [2.05, 4.69) is 28.9 Å². The quantitative estimate of drug-likeness (QED) is 0.873. The van der Waals surface area contributed by atoms with E-state index in [4.69, 9.17) is 5.26 Å². The molecule has 0 radical (unpaired) electrons. The molecule has 3 heteroatoms. The Balaban J connectivity index is 1.88.